The predicted octanol–water partition coefficient (Wildman–Crippen LogP) is 3.38. The number of sulfonamides is 1. The molecular weight excluding hydrogens is 484 g/mol. The number of nitrogens with zero attached hydrogens (tertiary/aromatic N) is 3. The number of H-pyrrole nitrogens is 1. The molecule has 182 valence electrons. The molecule has 0 fully saturated rings. The molecular formula is C24H19N6O5S-. The van der Waals surface area contributed by atoms with Crippen LogP contribution in [0.2, 0.25) is 0 Å². The van der Waals surface area contributed by atoms with Crippen LogP contribution in [0.3, 0.4) is 0 Å². The van der Waals surface area contributed by atoms with Gasteiger partial charge < -0.3 is 25.5 Å². The highest BCUT2D eigenvalue weighted by molar-refractivity contribution is 7.92. The molecule has 3 N–H and O–H groups in total. The third-order valence-corrected chi connectivity index (χ3v) is 6.82. The lowest BCUT2D eigenvalue weighted by molar-refractivity contribution is 0.415. The largest absolute Gasteiger partial charge is 0.612 e. The van der Waals surface area contributed by atoms with Gasteiger partial charge >= 0.3 is 0 Å². The van der Waals surface area contributed by atoms with Gasteiger partial charge in [-0.05, 0) is 54.6 Å². The summed E-state index contributed by atoms with van der Waals surface area (Å²) in [6, 6.07) is 17.8. The molecule has 1 aromatic heterocycles. The zero-order valence-corrected chi connectivity index (χ0v) is 19.6. The number of hydrogen-bond donors (Lipinski definition) is 3. The summed E-state index contributed by atoms with van der Waals surface area (Å²) in [5, 5.41) is 26.7. The number of ether oxygens (including phenoxy) is 1. The van der Waals surface area contributed by atoms with Crippen molar-refractivity contribution in [2.75, 3.05) is 17.1 Å². The summed E-state index contributed by atoms with van der Waals surface area (Å²) in [5.74, 6) is 0.608. The molecule has 1 aliphatic carbocycles. The van der Waals surface area contributed by atoms with Crippen molar-refractivity contribution >= 4 is 38.2 Å². The van der Waals surface area contributed by atoms with Gasteiger partial charge in [-0.15, -0.1) is 0 Å². The lowest BCUT2D eigenvalue weighted by atomic mass is 10.0. The summed E-state index contributed by atoms with van der Waals surface area (Å²) in [7, 11) is -2.32. The highest BCUT2D eigenvalue weighted by Gasteiger charge is 2.18. The number of benzene rings is 3. The number of nitrogens with one attached hydrogen (secondary N) is 3. The zero-order chi connectivity index (χ0) is 25.3. The Labute approximate surface area is 205 Å². The maximum absolute atomic E-state index is 12.7. The van der Waals surface area contributed by atoms with Gasteiger partial charge in [-0.2, -0.15) is 4.90 Å². The molecule has 1 aliphatic heterocycles. The zero-order valence-electron chi connectivity index (χ0n) is 18.8. The fourth-order valence-corrected chi connectivity index (χ4v) is 4.71. The second-order valence-electron chi connectivity index (χ2n) is 7.73. The number of methoxy groups -OCH3 is 1. The second kappa shape index (κ2) is 9.07. The number of hydrogen-bond acceptors (Lipinski definition) is 8. The van der Waals surface area contributed by atoms with Crippen LogP contribution in [0.25, 0.3) is 22.2 Å². The van der Waals surface area contributed by atoms with E-state index in [2.05, 4.69) is 25.0 Å². The Morgan fingerprint density at radius 2 is 1.72 bits per heavy atom. The predicted molar refractivity (Wildman–Crippen MR) is 136 cm³/mol. The Morgan fingerprint density at radius 1 is 0.972 bits per heavy atom. The minimum Gasteiger partial charge on any atom is -0.612 e. The highest BCUT2D eigenvalue weighted by Crippen LogP contribution is 2.38. The maximum Gasteiger partial charge on any atom is 0.264 e. The fraction of sp³-hybridized carbons (Fsp3) is 0.0417. The molecule has 2 aliphatic rings. The molecule has 5 rings (SSSR count). The van der Waals surface area contributed by atoms with Crippen LogP contribution in [0.1, 0.15) is 0 Å². The van der Waals surface area contributed by atoms with Crippen LogP contribution in [-0.4, -0.2) is 30.5 Å². The van der Waals surface area contributed by atoms with Crippen LogP contribution < -0.4 is 25.0 Å². The Hall–Kier alpha value is -4.84. The van der Waals surface area contributed by atoms with E-state index in [1.165, 1.54) is 36.7 Å². The van der Waals surface area contributed by atoms with Gasteiger partial charge in [-0.1, -0.05) is 0 Å². The van der Waals surface area contributed by atoms with Gasteiger partial charge in [0, 0.05) is 46.7 Å². The topological polar surface area (TPSA) is 158 Å². The number of aromatic amines is 1. The first kappa shape index (κ1) is 22.9. The molecule has 2 heterocycles. The van der Waals surface area contributed by atoms with Crippen LogP contribution in [0, 0.1) is 10.4 Å². The van der Waals surface area contributed by atoms with E-state index in [1.54, 1.807) is 37.4 Å². The first-order valence-electron chi connectivity index (χ1n) is 10.6. The van der Waals surface area contributed by atoms with Crippen molar-refractivity contribution in [2.24, 2.45) is 0 Å². The van der Waals surface area contributed by atoms with Gasteiger partial charge in [-0.25, -0.2) is 23.1 Å². The van der Waals surface area contributed by atoms with Gasteiger partial charge in [0.05, 0.1) is 23.4 Å². The summed E-state index contributed by atoms with van der Waals surface area (Å²) < 4.78 is 33.1. The lowest BCUT2D eigenvalue weighted by Gasteiger charge is -2.18. The van der Waals surface area contributed by atoms with E-state index in [-0.39, 0.29) is 16.2 Å². The van der Waals surface area contributed by atoms with Crippen LogP contribution in [0.4, 0.5) is 17.3 Å². The number of rotatable bonds is 6. The fourth-order valence-electron chi connectivity index (χ4n) is 3.75. The first-order valence-corrected chi connectivity index (χ1v) is 12.1. The van der Waals surface area contributed by atoms with Gasteiger partial charge in [-0.3, -0.25) is 0 Å². The van der Waals surface area contributed by atoms with E-state index in [4.69, 9.17) is 4.74 Å². The normalized spacial score (nSPS) is 11.4. The molecule has 0 saturated carbocycles. The highest BCUT2D eigenvalue weighted by atomic mass is 32.2. The third kappa shape index (κ3) is 4.44. The molecule has 0 atom stereocenters. The van der Waals surface area contributed by atoms with E-state index >= 15 is 0 Å². The average Bonchev–Trinajstić information content (AvgIpc) is 2.88. The van der Waals surface area contributed by atoms with Crippen molar-refractivity contribution in [3.63, 3.8) is 0 Å². The minimum absolute atomic E-state index is 0.0267. The SMILES string of the molecule is COc1ccc2[nH]c3cc(=[N+]([O-])[O-])ccc-3c(Nc3ccc(S(=O)(=O)Nc4ncccn4)cc3)c2c1. The minimum atomic E-state index is -3.88. The van der Waals surface area contributed by atoms with Gasteiger partial charge in [0.25, 0.3) is 10.0 Å². The molecule has 0 bridgehead atoms. The van der Waals surface area contributed by atoms with Crippen molar-refractivity contribution in [2.45, 2.75) is 4.90 Å². The second-order valence-corrected chi connectivity index (χ2v) is 9.41. The molecule has 0 radical (unpaired) electrons. The summed E-state index contributed by atoms with van der Waals surface area (Å²) in [6.45, 7) is 0. The Morgan fingerprint density at radius 3 is 2.42 bits per heavy atom. The monoisotopic (exact) mass is 503 g/mol. The van der Waals surface area contributed by atoms with E-state index in [9.17, 15) is 18.8 Å². The summed E-state index contributed by atoms with van der Waals surface area (Å²) in [6.07, 6.45) is 2.88. The third-order valence-electron chi connectivity index (χ3n) is 5.47. The summed E-state index contributed by atoms with van der Waals surface area (Å²) >= 11 is 0. The molecule has 0 saturated heterocycles. The quantitative estimate of drug-likeness (QED) is 0.235. The number of aromatic nitrogens is 3. The van der Waals surface area contributed by atoms with Crippen molar-refractivity contribution in [1.82, 2.24) is 19.9 Å². The molecule has 36 heavy (non-hydrogen) atoms. The van der Waals surface area contributed by atoms with Crippen LogP contribution in [-0.2, 0) is 10.0 Å². The van der Waals surface area contributed by atoms with Crippen molar-refractivity contribution in [3.05, 3.63) is 94.9 Å². The lowest BCUT2D eigenvalue weighted by Crippen LogP contribution is -2.18. The molecule has 0 amide bonds. The Kier molecular flexibility index (Phi) is 5.78. The van der Waals surface area contributed by atoms with Crippen molar-refractivity contribution < 1.29 is 13.2 Å². The van der Waals surface area contributed by atoms with E-state index < -0.39 is 14.9 Å². The van der Waals surface area contributed by atoms with Crippen LogP contribution in [0.15, 0.2) is 84.0 Å². The molecule has 12 heteroatoms. The Bertz CT molecular complexity index is 1700. The smallest absolute Gasteiger partial charge is 0.264 e. The molecule has 2 aromatic carbocycles. The maximum atomic E-state index is 12.7. The Balaban J connectivity index is 1.55. The van der Waals surface area contributed by atoms with Crippen molar-refractivity contribution in [1.29, 1.82) is 0 Å². The van der Waals surface area contributed by atoms with Gasteiger partial charge in [0.15, 0.2) is 0 Å². The molecule has 0 spiro atoms. The molecule has 11 nitrogen and oxygen atoms in total. The number of pyridine rings is 1. The molecule has 0 unspecified atom stereocenters. The van der Waals surface area contributed by atoms with Crippen LogP contribution >= 0.6 is 0 Å². The number of anilines is 3. The van der Waals surface area contributed by atoms with Gasteiger partial charge in [0.1, 0.15) is 5.75 Å². The van der Waals surface area contributed by atoms with Crippen LogP contribution in [0.5, 0.6) is 5.75 Å². The standard InChI is InChI=1S/C24H19N6O5S/c1-35-17-6-10-21-20(14-17)23(19-9-5-16(30(31)32)13-22(19)28-21)27-15-3-7-18(8-4-15)36(33,34)29-24-25-11-2-12-26-24/h2-14,27-28H,1H3,(H-,25,26,29,31,32)/q-1. The van der Waals surface area contributed by atoms with Crippen molar-refractivity contribution in [3.8, 4) is 17.0 Å². The number of fused-ring (bicyclic) bond motifs is 2. The molecule has 3 aromatic rings. The van der Waals surface area contributed by atoms with Gasteiger partial charge in [0.2, 0.25) is 11.3 Å². The average molecular weight is 504 g/mol. The van der Waals surface area contributed by atoms with E-state index in [0.717, 1.165) is 10.9 Å². The van der Waals surface area contributed by atoms with E-state index in [0.29, 0.717) is 28.4 Å². The first-order chi connectivity index (χ1) is 17.3. The summed E-state index contributed by atoms with van der Waals surface area (Å²) in [4.78, 5) is 10.6. The van der Waals surface area contributed by atoms with E-state index in [1.807, 2.05) is 12.1 Å². The summed E-state index contributed by atoms with van der Waals surface area (Å²) in [5.41, 5.74) is 3.30.